The highest BCUT2D eigenvalue weighted by atomic mass is 28.3. The van der Waals surface area contributed by atoms with Gasteiger partial charge in [0, 0.05) is 0 Å². The fraction of sp³-hybridized carbons (Fsp3) is 0.471. The first-order chi connectivity index (χ1) is 12.9. The van der Waals surface area contributed by atoms with Crippen LogP contribution in [0.4, 0.5) is 5.95 Å². The van der Waals surface area contributed by atoms with Crippen molar-refractivity contribution in [2.75, 3.05) is 12.3 Å². The van der Waals surface area contributed by atoms with Gasteiger partial charge in [-0.05, 0) is 5.56 Å². The van der Waals surface area contributed by atoms with Crippen LogP contribution in [0.5, 0.6) is 0 Å². The van der Waals surface area contributed by atoms with Gasteiger partial charge in [0.15, 0.2) is 5.35 Å². The fourth-order valence-electron chi connectivity index (χ4n) is 3.37. The molecule has 0 spiro atoms. The third kappa shape index (κ3) is 3.66. The van der Waals surface area contributed by atoms with Crippen LogP contribution in [0, 0.1) is 0 Å². The van der Waals surface area contributed by atoms with Gasteiger partial charge in [-0.15, -0.1) is 0 Å². The van der Waals surface area contributed by atoms with Crippen molar-refractivity contribution < 1.29 is 19.7 Å². The van der Waals surface area contributed by atoms with E-state index in [4.69, 9.17) is 15.2 Å². The highest BCUT2D eigenvalue weighted by Gasteiger charge is 2.58. The molecule has 2 aromatic rings. The SMILES string of the molecule is C[SiH](C)[C@@]1(n2cnc(N)nc2=O)O[C@H](COCc2ccccc2)[C@@H](O)[C@H]1O. The summed E-state index contributed by atoms with van der Waals surface area (Å²) < 4.78 is 12.9. The summed E-state index contributed by atoms with van der Waals surface area (Å²) in [5.41, 5.74) is 5.76. The lowest BCUT2D eigenvalue weighted by Gasteiger charge is -2.36. The monoisotopic (exact) mass is 392 g/mol. The molecule has 146 valence electrons. The molecule has 1 aromatic carbocycles. The number of ether oxygens (including phenoxy) is 2. The van der Waals surface area contributed by atoms with Gasteiger partial charge in [0.25, 0.3) is 0 Å². The highest BCUT2D eigenvalue weighted by Crippen LogP contribution is 2.37. The lowest BCUT2D eigenvalue weighted by Crippen LogP contribution is -2.58. The van der Waals surface area contributed by atoms with Crippen molar-refractivity contribution in [3.8, 4) is 0 Å². The van der Waals surface area contributed by atoms with Crippen molar-refractivity contribution in [2.24, 2.45) is 0 Å². The Morgan fingerprint density at radius 2 is 2.04 bits per heavy atom. The number of anilines is 1. The van der Waals surface area contributed by atoms with Gasteiger partial charge in [0.1, 0.15) is 24.6 Å². The van der Waals surface area contributed by atoms with E-state index < -0.39 is 38.1 Å². The number of nitrogens with zero attached hydrogens (tertiary/aromatic N) is 3. The Labute approximate surface area is 158 Å². The second-order valence-electron chi connectivity index (χ2n) is 6.87. The number of nitrogen functional groups attached to an aromatic ring is 1. The van der Waals surface area contributed by atoms with E-state index in [2.05, 4.69) is 9.97 Å². The number of benzene rings is 1. The smallest absolute Gasteiger partial charge is 0.354 e. The van der Waals surface area contributed by atoms with Gasteiger partial charge in [-0.1, -0.05) is 43.4 Å². The van der Waals surface area contributed by atoms with Gasteiger partial charge in [-0.3, -0.25) is 4.57 Å². The molecule has 0 unspecified atom stereocenters. The molecule has 1 fully saturated rings. The number of aliphatic hydroxyl groups excluding tert-OH is 2. The second kappa shape index (κ2) is 7.86. The predicted molar refractivity (Wildman–Crippen MR) is 101 cm³/mol. The van der Waals surface area contributed by atoms with E-state index in [-0.39, 0.29) is 12.6 Å². The molecule has 1 aromatic heterocycles. The Bertz CT molecular complexity index is 834. The number of nitrogens with two attached hydrogens (primary N) is 1. The van der Waals surface area contributed by atoms with Gasteiger partial charge >= 0.3 is 5.69 Å². The molecule has 0 radical (unpaired) electrons. The molecule has 3 rings (SSSR count). The van der Waals surface area contributed by atoms with Gasteiger partial charge < -0.3 is 25.4 Å². The number of aromatic nitrogens is 3. The molecule has 1 saturated heterocycles. The first-order valence-corrected chi connectivity index (χ1v) is 11.6. The molecular weight excluding hydrogens is 368 g/mol. The van der Waals surface area contributed by atoms with E-state index in [1.165, 1.54) is 6.33 Å². The summed E-state index contributed by atoms with van der Waals surface area (Å²) in [6, 6.07) is 9.59. The van der Waals surface area contributed by atoms with Crippen LogP contribution in [0.25, 0.3) is 0 Å². The molecule has 27 heavy (non-hydrogen) atoms. The fourth-order valence-corrected chi connectivity index (χ4v) is 5.43. The molecule has 0 bridgehead atoms. The topological polar surface area (TPSA) is 133 Å². The van der Waals surface area contributed by atoms with E-state index in [1.54, 1.807) is 0 Å². The largest absolute Gasteiger partial charge is 0.387 e. The minimum atomic E-state index is -1.90. The molecule has 9 nitrogen and oxygen atoms in total. The van der Waals surface area contributed by atoms with Crippen LogP contribution in [-0.4, -0.2) is 58.5 Å². The summed E-state index contributed by atoms with van der Waals surface area (Å²) in [4.78, 5) is 19.8. The van der Waals surface area contributed by atoms with Gasteiger partial charge in [-0.25, -0.2) is 9.78 Å². The normalized spacial score (nSPS) is 28.0. The highest BCUT2D eigenvalue weighted by molar-refractivity contribution is 6.58. The Morgan fingerprint density at radius 3 is 2.67 bits per heavy atom. The summed E-state index contributed by atoms with van der Waals surface area (Å²) in [5, 5.41) is 19.9. The number of hydrogen-bond acceptors (Lipinski definition) is 8. The number of hydrogen-bond donors (Lipinski definition) is 3. The van der Waals surface area contributed by atoms with Gasteiger partial charge in [0.2, 0.25) is 5.95 Å². The Hall–Kier alpha value is -2.11. The zero-order valence-corrected chi connectivity index (χ0v) is 16.4. The lowest BCUT2D eigenvalue weighted by molar-refractivity contribution is -0.103. The van der Waals surface area contributed by atoms with E-state index >= 15 is 0 Å². The zero-order valence-electron chi connectivity index (χ0n) is 15.2. The van der Waals surface area contributed by atoms with Gasteiger partial charge in [-0.2, -0.15) is 4.98 Å². The van der Waals surface area contributed by atoms with E-state index in [0.29, 0.717) is 6.61 Å². The van der Waals surface area contributed by atoms with Crippen molar-refractivity contribution in [3.05, 3.63) is 52.7 Å². The average Bonchev–Trinajstić information content (AvgIpc) is 2.89. The number of aliphatic hydroxyl groups is 2. The molecule has 4 N–H and O–H groups in total. The average molecular weight is 392 g/mol. The van der Waals surface area contributed by atoms with Crippen LogP contribution in [0.3, 0.4) is 0 Å². The molecule has 2 heterocycles. The Balaban J connectivity index is 1.81. The molecule has 1 aliphatic heterocycles. The predicted octanol–water partition coefficient (Wildman–Crippen LogP) is -0.763. The summed E-state index contributed by atoms with van der Waals surface area (Å²) in [6.45, 7) is 4.24. The molecule has 10 heteroatoms. The molecule has 0 amide bonds. The molecule has 0 saturated carbocycles. The van der Waals surface area contributed by atoms with Crippen molar-refractivity contribution >= 4 is 14.7 Å². The maximum Gasteiger partial charge on any atom is 0.354 e. The second-order valence-corrected chi connectivity index (χ2v) is 10.0. The summed E-state index contributed by atoms with van der Waals surface area (Å²) >= 11 is 0. The van der Waals surface area contributed by atoms with Crippen molar-refractivity contribution in [1.29, 1.82) is 0 Å². The zero-order chi connectivity index (χ0) is 19.6. The van der Waals surface area contributed by atoms with Crippen molar-refractivity contribution in [2.45, 2.75) is 43.4 Å². The van der Waals surface area contributed by atoms with Crippen LogP contribution in [0.15, 0.2) is 41.5 Å². The van der Waals surface area contributed by atoms with Crippen LogP contribution in [0.1, 0.15) is 5.56 Å². The van der Waals surface area contributed by atoms with Crippen molar-refractivity contribution in [3.63, 3.8) is 0 Å². The van der Waals surface area contributed by atoms with E-state index in [1.807, 2.05) is 43.4 Å². The molecule has 1 aliphatic rings. The lowest BCUT2D eigenvalue weighted by atomic mass is 10.1. The number of rotatable bonds is 6. The Kier molecular flexibility index (Phi) is 5.72. The summed E-state index contributed by atoms with van der Waals surface area (Å²) in [5.74, 6) is -0.160. The van der Waals surface area contributed by atoms with Crippen LogP contribution >= 0.6 is 0 Å². The van der Waals surface area contributed by atoms with Crippen molar-refractivity contribution in [1.82, 2.24) is 14.5 Å². The van der Waals surface area contributed by atoms with Crippen LogP contribution in [0.2, 0.25) is 13.1 Å². The van der Waals surface area contributed by atoms with Crippen LogP contribution in [-0.2, 0) is 21.4 Å². The molecule has 4 atom stereocenters. The summed E-state index contributed by atoms with van der Waals surface area (Å²) in [7, 11) is -1.90. The molecule has 0 aliphatic carbocycles. The quantitative estimate of drug-likeness (QED) is 0.546. The maximum absolute atomic E-state index is 12.3. The van der Waals surface area contributed by atoms with Crippen LogP contribution < -0.4 is 11.4 Å². The Morgan fingerprint density at radius 1 is 1.33 bits per heavy atom. The minimum Gasteiger partial charge on any atom is -0.387 e. The maximum atomic E-state index is 12.3. The van der Waals surface area contributed by atoms with E-state index in [0.717, 1.165) is 10.1 Å². The minimum absolute atomic E-state index is 0.0700. The first kappa shape index (κ1) is 19.6. The van der Waals surface area contributed by atoms with E-state index in [9.17, 15) is 15.0 Å². The first-order valence-electron chi connectivity index (χ1n) is 8.73. The van der Waals surface area contributed by atoms with Gasteiger partial charge in [0.05, 0.1) is 22.0 Å². The standard InChI is InChI=1S/C17H24N4O5Si/c1-27(2)17(21-10-19-15(18)20-16(21)24)14(23)13(22)12(26-17)9-25-8-11-6-4-3-5-7-11/h3-7,10,12-14,22-23,27H,8-9H2,1-2H3,(H2,18,20,24)/t12-,13-,14-,17+/m1/s1. The third-order valence-electron chi connectivity index (χ3n) is 4.79. The third-order valence-corrected chi connectivity index (χ3v) is 7.20. The molecular formula is C17H24N4O5Si. The summed E-state index contributed by atoms with van der Waals surface area (Å²) in [6.07, 6.45) is -2.09.